The van der Waals surface area contributed by atoms with Crippen LogP contribution in [0.2, 0.25) is 0 Å². The van der Waals surface area contributed by atoms with Gasteiger partial charge in [0.2, 0.25) is 0 Å². The Morgan fingerprint density at radius 1 is 1.17 bits per heavy atom. The minimum atomic E-state index is -0.0887. The minimum absolute atomic E-state index is 0.0887. The quantitative estimate of drug-likeness (QED) is 0.865. The second-order valence-corrected chi connectivity index (χ2v) is 4.89. The van der Waals surface area contributed by atoms with Gasteiger partial charge in [-0.3, -0.25) is 4.79 Å². The van der Waals surface area contributed by atoms with Gasteiger partial charge in [-0.2, -0.15) is 0 Å². The molecule has 3 nitrogen and oxygen atoms in total. The molecule has 92 valence electrons. The van der Waals surface area contributed by atoms with Gasteiger partial charge in [0.15, 0.2) is 0 Å². The zero-order valence-corrected chi connectivity index (χ0v) is 11.5. The maximum Gasteiger partial charge on any atom is 0.258 e. The molecule has 1 amide bonds. The second-order valence-electron chi connectivity index (χ2n) is 3.97. The Labute approximate surface area is 114 Å². The predicted molar refractivity (Wildman–Crippen MR) is 77.7 cm³/mol. The van der Waals surface area contributed by atoms with Crippen LogP contribution in [0, 0.1) is 0 Å². The number of anilines is 2. The summed E-state index contributed by atoms with van der Waals surface area (Å²) in [5.41, 5.74) is 7.71. The lowest BCUT2D eigenvalue weighted by Gasteiger charge is -2.17. The largest absolute Gasteiger partial charge is 0.399 e. The first-order valence-corrected chi connectivity index (χ1v) is 6.26. The van der Waals surface area contributed by atoms with Crippen LogP contribution in [-0.4, -0.2) is 13.0 Å². The third-order valence-electron chi connectivity index (χ3n) is 2.62. The molecule has 0 saturated heterocycles. The van der Waals surface area contributed by atoms with Crippen LogP contribution in [0.5, 0.6) is 0 Å². The van der Waals surface area contributed by atoms with Gasteiger partial charge in [0.1, 0.15) is 0 Å². The SMILES string of the molecule is CN(C(=O)c1cc(N)cc(Br)c1)c1ccccc1. The van der Waals surface area contributed by atoms with Gasteiger partial charge in [-0.1, -0.05) is 34.1 Å². The maximum absolute atomic E-state index is 12.3. The first-order chi connectivity index (χ1) is 8.58. The summed E-state index contributed by atoms with van der Waals surface area (Å²) in [5.74, 6) is -0.0887. The molecule has 2 aromatic rings. The van der Waals surface area contributed by atoms with Gasteiger partial charge in [0.05, 0.1) is 0 Å². The fourth-order valence-electron chi connectivity index (χ4n) is 1.70. The maximum atomic E-state index is 12.3. The fourth-order valence-corrected chi connectivity index (χ4v) is 2.21. The van der Waals surface area contributed by atoms with E-state index >= 15 is 0 Å². The van der Waals surface area contributed by atoms with Gasteiger partial charge in [0, 0.05) is 28.5 Å². The summed E-state index contributed by atoms with van der Waals surface area (Å²) < 4.78 is 0.798. The summed E-state index contributed by atoms with van der Waals surface area (Å²) in [6.07, 6.45) is 0. The van der Waals surface area contributed by atoms with Gasteiger partial charge in [0.25, 0.3) is 5.91 Å². The highest BCUT2D eigenvalue weighted by Gasteiger charge is 2.14. The molecule has 0 aliphatic carbocycles. The molecule has 0 aromatic heterocycles. The number of rotatable bonds is 2. The van der Waals surface area contributed by atoms with Crippen molar-refractivity contribution in [2.45, 2.75) is 0 Å². The Balaban J connectivity index is 2.31. The molecule has 0 spiro atoms. The van der Waals surface area contributed by atoms with Crippen LogP contribution >= 0.6 is 15.9 Å². The molecule has 0 aliphatic heterocycles. The Kier molecular flexibility index (Phi) is 3.67. The molecule has 2 N–H and O–H groups in total. The summed E-state index contributed by atoms with van der Waals surface area (Å²) >= 11 is 3.34. The lowest BCUT2D eigenvalue weighted by Crippen LogP contribution is -2.26. The Morgan fingerprint density at radius 3 is 2.44 bits per heavy atom. The van der Waals surface area contributed by atoms with Crippen molar-refractivity contribution in [1.29, 1.82) is 0 Å². The molecule has 0 unspecified atom stereocenters. The number of carbonyl (C=O) groups excluding carboxylic acids is 1. The second kappa shape index (κ2) is 5.23. The van der Waals surface area contributed by atoms with Gasteiger partial charge in [-0.05, 0) is 30.3 Å². The zero-order chi connectivity index (χ0) is 13.1. The van der Waals surface area contributed by atoms with E-state index < -0.39 is 0 Å². The van der Waals surface area contributed by atoms with E-state index in [-0.39, 0.29) is 5.91 Å². The molecule has 2 aromatic carbocycles. The first-order valence-electron chi connectivity index (χ1n) is 5.47. The lowest BCUT2D eigenvalue weighted by molar-refractivity contribution is 0.0993. The number of halogens is 1. The number of amides is 1. The van der Waals surface area contributed by atoms with Crippen molar-refractivity contribution in [3.63, 3.8) is 0 Å². The summed E-state index contributed by atoms with van der Waals surface area (Å²) in [4.78, 5) is 13.9. The van der Waals surface area contributed by atoms with E-state index in [0.29, 0.717) is 11.3 Å². The number of nitrogen functional groups attached to an aromatic ring is 1. The Hall–Kier alpha value is -1.81. The first kappa shape index (κ1) is 12.6. The van der Waals surface area contributed by atoms with Crippen LogP contribution in [0.25, 0.3) is 0 Å². The van der Waals surface area contributed by atoms with Gasteiger partial charge < -0.3 is 10.6 Å². The number of nitrogens with zero attached hydrogens (tertiary/aromatic N) is 1. The van der Waals surface area contributed by atoms with E-state index in [1.165, 1.54) is 0 Å². The van der Waals surface area contributed by atoms with Crippen molar-refractivity contribution in [1.82, 2.24) is 0 Å². The third kappa shape index (κ3) is 2.71. The van der Waals surface area contributed by atoms with E-state index in [2.05, 4.69) is 15.9 Å². The summed E-state index contributed by atoms with van der Waals surface area (Å²) in [7, 11) is 1.74. The normalized spacial score (nSPS) is 10.1. The third-order valence-corrected chi connectivity index (χ3v) is 3.07. The molecular formula is C14H13BrN2O. The number of hydrogen-bond donors (Lipinski definition) is 1. The molecule has 0 bridgehead atoms. The number of hydrogen-bond acceptors (Lipinski definition) is 2. The van der Waals surface area contributed by atoms with Crippen LogP contribution in [0.15, 0.2) is 53.0 Å². The fraction of sp³-hybridized carbons (Fsp3) is 0.0714. The van der Waals surface area contributed by atoms with E-state index in [1.54, 1.807) is 30.1 Å². The summed E-state index contributed by atoms with van der Waals surface area (Å²) in [5, 5.41) is 0. The van der Waals surface area contributed by atoms with Crippen LogP contribution in [-0.2, 0) is 0 Å². The van der Waals surface area contributed by atoms with Gasteiger partial charge in [-0.15, -0.1) is 0 Å². The van der Waals surface area contributed by atoms with Crippen molar-refractivity contribution in [3.8, 4) is 0 Å². The number of carbonyl (C=O) groups is 1. The number of benzene rings is 2. The molecule has 0 heterocycles. The van der Waals surface area contributed by atoms with Crippen LogP contribution in [0.1, 0.15) is 10.4 Å². The van der Waals surface area contributed by atoms with Gasteiger partial charge >= 0.3 is 0 Å². The van der Waals surface area contributed by atoms with E-state index in [9.17, 15) is 4.79 Å². The smallest absolute Gasteiger partial charge is 0.258 e. The highest BCUT2D eigenvalue weighted by molar-refractivity contribution is 9.10. The van der Waals surface area contributed by atoms with Crippen molar-refractivity contribution >= 4 is 33.2 Å². The van der Waals surface area contributed by atoms with E-state index in [0.717, 1.165) is 10.2 Å². The molecule has 0 aliphatic rings. The number of nitrogens with two attached hydrogens (primary N) is 1. The average Bonchev–Trinajstić information content (AvgIpc) is 2.37. The van der Waals surface area contributed by atoms with Crippen LogP contribution in [0.3, 0.4) is 0 Å². The molecular weight excluding hydrogens is 292 g/mol. The van der Waals surface area contributed by atoms with E-state index in [1.807, 2.05) is 30.3 Å². The number of para-hydroxylation sites is 1. The van der Waals surface area contributed by atoms with Crippen molar-refractivity contribution in [3.05, 3.63) is 58.6 Å². The van der Waals surface area contributed by atoms with Crippen molar-refractivity contribution < 1.29 is 4.79 Å². The molecule has 4 heteroatoms. The molecule has 0 atom stereocenters. The lowest BCUT2D eigenvalue weighted by atomic mass is 10.1. The standard InChI is InChI=1S/C14H13BrN2O/c1-17(13-5-3-2-4-6-13)14(18)10-7-11(15)9-12(16)8-10/h2-9H,16H2,1H3. The van der Waals surface area contributed by atoms with E-state index in [4.69, 9.17) is 5.73 Å². The summed E-state index contributed by atoms with van der Waals surface area (Å²) in [6.45, 7) is 0. The summed E-state index contributed by atoms with van der Waals surface area (Å²) in [6, 6.07) is 14.7. The highest BCUT2D eigenvalue weighted by atomic mass is 79.9. The molecule has 2 rings (SSSR count). The van der Waals surface area contributed by atoms with Crippen molar-refractivity contribution in [2.75, 3.05) is 17.7 Å². The minimum Gasteiger partial charge on any atom is -0.399 e. The monoisotopic (exact) mass is 304 g/mol. The topological polar surface area (TPSA) is 46.3 Å². The Morgan fingerprint density at radius 2 is 1.83 bits per heavy atom. The van der Waals surface area contributed by atoms with Crippen molar-refractivity contribution in [2.24, 2.45) is 0 Å². The highest BCUT2D eigenvalue weighted by Crippen LogP contribution is 2.20. The average molecular weight is 305 g/mol. The Bertz CT molecular complexity index is 549. The zero-order valence-electron chi connectivity index (χ0n) is 9.93. The molecule has 18 heavy (non-hydrogen) atoms. The molecule has 0 radical (unpaired) electrons. The predicted octanol–water partition coefficient (Wildman–Crippen LogP) is 3.31. The van der Waals surface area contributed by atoms with Crippen LogP contribution in [0.4, 0.5) is 11.4 Å². The van der Waals surface area contributed by atoms with Crippen LogP contribution < -0.4 is 10.6 Å². The molecule has 0 saturated carbocycles. The van der Waals surface area contributed by atoms with Gasteiger partial charge in [-0.25, -0.2) is 0 Å². The molecule has 0 fully saturated rings.